The fraction of sp³-hybridized carbons (Fsp3) is 0.500. The summed E-state index contributed by atoms with van der Waals surface area (Å²) in [5.74, 6) is 0.473. The van der Waals surface area contributed by atoms with E-state index in [9.17, 15) is 4.79 Å². The number of hydrogen-bond donors (Lipinski definition) is 0. The predicted octanol–water partition coefficient (Wildman–Crippen LogP) is 4.32. The van der Waals surface area contributed by atoms with E-state index in [1.54, 1.807) is 11.3 Å². The third kappa shape index (κ3) is 3.48. The van der Waals surface area contributed by atoms with Crippen LogP contribution in [0.4, 0.5) is 5.13 Å². The van der Waals surface area contributed by atoms with E-state index in [1.165, 1.54) is 5.56 Å². The number of fused-ring (bicyclic) bond motifs is 1. The van der Waals surface area contributed by atoms with Gasteiger partial charge in [0.25, 0.3) is 0 Å². The number of rotatable bonds is 7. The number of aryl methyl sites for hydroxylation is 3. The normalized spacial score (nSPS) is 11.5. The number of likely N-dealkylation sites (N-methyl/N-ethyl adjacent to an activating group) is 1. The minimum atomic E-state index is 0.328. The van der Waals surface area contributed by atoms with E-state index in [1.807, 2.05) is 37.2 Å². The first-order valence-corrected chi connectivity index (χ1v) is 10.2. The monoisotopic (exact) mass is 385 g/mol. The molecule has 0 unspecified atom stereocenters. The first-order valence-electron chi connectivity index (χ1n) is 9.40. The Balaban J connectivity index is 2.22. The molecule has 0 amide bonds. The molecule has 0 aliphatic heterocycles. The SMILES string of the molecule is CCC(CC)c1cc(C)nn2c(-c3sc(N(C)CC=O)nc3C)c(C)nc12. The topological polar surface area (TPSA) is 63.4 Å². The molecule has 3 aromatic heterocycles. The summed E-state index contributed by atoms with van der Waals surface area (Å²) in [6.45, 7) is 10.8. The largest absolute Gasteiger partial charge is 0.344 e. The summed E-state index contributed by atoms with van der Waals surface area (Å²) in [5, 5.41) is 5.61. The third-order valence-corrected chi connectivity index (χ3v) is 6.29. The van der Waals surface area contributed by atoms with Crippen molar-refractivity contribution in [3.63, 3.8) is 0 Å². The molecule has 3 aromatic rings. The highest BCUT2D eigenvalue weighted by Crippen LogP contribution is 2.37. The maximum absolute atomic E-state index is 10.8. The number of imidazole rings is 1. The number of carbonyl (C=O) groups excluding carboxylic acids is 1. The summed E-state index contributed by atoms with van der Waals surface area (Å²) >= 11 is 1.58. The van der Waals surface area contributed by atoms with Crippen molar-refractivity contribution in [3.8, 4) is 10.6 Å². The molecular formula is C20H27N5OS. The summed E-state index contributed by atoms with van der Waals surface area (Å²) in [7, 11) is 1.88. The van der Waals surface area contributed by atoms with Gasteiger partial charge in [0.05, 0.1) is 28.5 Å². The van der Waals surface area contributed by atoms with Gasteiger partial charge >= 0.3 is 0 Å². The molecule has 3 rings (SSSR count). The molecule has 0 saturated heterocycles. The number of anilines is 1. The Morgan fingerprint density at radius 1 is 1.19 bits per heavy atom. The van der Waals surface area contributed by atoms with Gasteiger partial charge in [-0.05, 0) is 45.6 Å². The van der Waals surface area contributed by atoms with E-state index in [-0.39, 0.29) is 0 Å². The van der Waals surface area contributed by atoms with Gasteiger partial charge in [-0.3, -0.25) is 0 Å². The summed E-state index contributed by atoms with van der Waals surface area (Å²) in [6.07, 6.45) is 3.05. The molecule has 0 aliphatic rings. The zero-order chi connectivity index (χ0) is 19.7. The van der Waals surface area contributed by atoms with Gasteiger partial charge in [-0.25, -0.2) is 14.5 Å². The number of nitrogens with zero attached hydrogens (tertiary/aromatic N) is 5. The lowest BCUT2D eigenvalue weighted by Gasteiger charge is -2.14. The number of carbonyl (C=O) groups is 1. The number of thiazole rings is 1. The summed E-state index contributed by atoms with van der Waals surface area (Å²) < 4.78 is 1.99. The van der Waals surface area contributed by atoms with Crippen LogP contribution in [0.3, 0.4) is 0 Å². The van der Waals surface area contributed by atoms with Crippen molar-refractivity contribution in [2.45, 2.75) is 53.4 Å². The van der Waals surface area contributed by atoms with Crippen molar-refractivity contribution in [1.29, 1.82) is 0 Å². The Morgan fingerprint density at radius 3 is 2.52 bits per heavy atom. The second-order valence-corrected chi connectivity index (χ2v) is 7.97. The molecule has 0 aliphatic carbocycles. The zero-order valence-corrected chi connectivity index (χ0v) is 17.7. The molecule has 6 nitrogen and oxygen atoms in total. The minimum Gasteiger partial charge on any atom is -0.344 e. The second-order valence-electron chi connectivity index (χ2n) is 6.99. The van der Waals surface area contributed by atoms with Gasteiger partial charge in [-0.1, -0.05) is 25.2 Å². The Kier molecular flexibility index (Phi) is 5.60. The van der Waals surface area contributed by atoms with Crippen LogP contribution in [0.25, 0.3) is 16.2 Å². The van der Waals surface area contributed by atoms with E-state index in [0.29, 0.717) is 12.5 Å². The van der Waals surface area contributed by atoms with Crippen molar-refractivity contribution in [2.75, 3.05) is 18.5 Å². The van der Waals surface area contributed by atoms with Gasteiger partial charge in [0.15, 0.2) is 10.8 Å². The molecule has 0 spiro atoms. The maximum Gasteiger partial charge on any atom is 0.186 e. The molecule has 27 heavy (non-hydrogen) atoms. The highest BCUT2D eigenvalue weighted by molar-refractivity contribution is 7.19. The molecule has 0 N–H and O–H groups in total. The molecule has 0 aromatic carbocycles. The molecular weight excluding hydrogens is 358 g/mol. The van der Waals surface area contributed by atoms with Gasteiger partial charge in [0.2, 0.25) is 0 Å². The Bertz CT molecular complexity index is 971. The fourth-order valence-electron chi connectivity index (χ4n) is 3.52. The molecule has 0 saturated carbocycles. The number of hydrogen-bond acceptors (Lipinski definition) is 6. The van der Waals surface area contributed by atoms with Crippen LogP contribution in [-0.2, 0) is 4.79 Å². The molecule has 7 heteroatoms. The maximum atomic E-state index is 10.8. The van der Waals surface area contributed by atoms with Gasteiger partial charge in [-0.2, -0.15) is 5.10 Å². The van der Waals surface area contributed by atoms with Gasteiger partial charge in [-0.15, -0.1) is 0 Å². The van der Waals surface area contributed by atoms with Crippen molar-refractivity contribution < 1.29 is 4.79 Å². The second kappa shape index (κ2) is 7.76. The Hall–Kier alpha value is -2.28. The molecule has 3 heterocycles. The smallest absolute Gasteiger partial charge is 0.186 e. The zero-order valence-electron chi connectivity index (χ0n) is 16.9. The summed E-state index contributed by atoms with van der Waals surface area (Å²) in [5.41, 5.74) is 6.09. The molecule has 144 valence electrons. The van der Waals surface area contributed by atoms with Gasteiger partial charge < -0.3 is 9.69 Å². The lowest BCUT2D eigenvalue weighted by Crippen LogP contribution is -2.18. The van der Waals surface area contributed by atoms with E-state index in [0.717, 1.165) is 57.6 Å². The van der Waals surface area contributed by atoms with E-state index >= 15 is 0 Å². The molecule has 0 radical (unpaired) electrons. The molecule has 0 bridgehead atoms. The average molecular weight is 386 g/mol. The van der Waals surface area contributed by atoms with Gasteiger partial charge in [0, 0.05) is 12.6 Å². The van der Waals surface area contributed by atoms with Crippen LogP contribution in [0.1, 0.15) is 55.3 Å². The van der Waals surface area contributed by atoms with Crippen LogP contribution in [0.2, 0.25) is 0 Å². The van der Waals surface area contributed by atoms with Gasteiger partial charge in [0.1, 0.15) is 12.0 Å². The minimum absolute atomic E-state index is 0.328. The van der Waals surface area contributed by atoms with E-state index < -0.39 is 0 Å². The van der Waals surface area contributed by atoms with E-state index in [4.69, 9.17) is 10.1 Å². The number of aldehydes is 1. The quantitative estimate of drug-likeness (QED) is 0.567. The summed E-state index contributed by atoms with van der Waals surface area (Å²) in [4.78, 5) is 23.3. The van der Waals surface area contributed by atoms with Crippen molar-refractivity contribution in [1.82, 2.24) is 19.6 Å². The van der Waals surface area contributed by atoms with Crippen LogP contribution >= 0.6 is 11.3 Å². The average Bonchev–Trinajstić information content (AvgIpc) is 3.15. The van der Waals surface area contributed by atoms with Crippen molar-refractivity contribution >= 4 is 28.4 Å². The predicted molar refractivity (Wildman–Crippen MR) is 111 cm³/mol. The third-order valence-electron chi connectivity index (χ3n) is 5.01. The van der Waals surface area contributed by atoms with Crippen molar-refractivity contribution in [3.05, 3.63) is 28.7 Å². The van der Waals surface area contributed by atoms with E-state index in [2.05, 4.69) is 24.9 Å². The lowest BCUT2D eigenvalue weighted by atomic mass is 9.95. The molecule has 0 fully saturated rings. The standard InChI is InChI=1S/C20H27N5OS/c1-7-15(8-2)16-11-12(3)23-25-17(13(4)21-19(16)25)18-14(5)22-20(27-18)24(6)9-10-26/h10-11,15H,7-9H2,1-6H3. The van der Waals surface area contributed by atoms with Crippen LogP contribution in [0, 0.1) is 20.8 Å². The first kappa shape index (κ1) is 19.5. The first-order chi connectivity index (χ1) is 12.9. The van der Waals surface area contributed by atoms with Crippen molar-refractivity contribution in [2.24, 2.45) is 0 Å². The van der Waals surface area contributed by atoms with Crippen LogP contribution < -0.4 is 4.90 Å². The highest BCUT2D eigenvalue weighted by atomic mass is 32.1. The fourth-order valence-corrected chi connectivity index (χ4v) is 4.64. The summed E-state index contributed by atoms with van der Waals surface area (Å²) in [6, 6.07) is 2.17. The van der Waals surface area contributed by atoms with Crippen LogP contribution in [0.5, 0.6) is 0 Å². The van der Waals surface area contributed by atoms with Crippen LogP contribution in [0.15, 0.2) is 6.07 Å². The highest BCUT2D eigenvalue weighted by Gasteiger charge is 2.23. The lowest BCUT2D eigenvalue weighted by molar-refractivity contribution is -0.106. The Labute approximate surface area is 164 Å². The molecule has 0 atom stereocenters. The Morgan fingerprint density at radius 2 is 1.89 bits per heavy atom. The number of aromatic nitrogens is 4. The van der Waals surface area contributed by atoms with Crippen LogP contribution in [-0.4, -0.2) is 39.5 Å².